The van der Waals surface area contributed by atoms with Crippen molar-refractivity contribution in [2.45, 2.75) is 38.7 Å². The molecule has 0 saturated carbocycles. The largest absolute Gasteiger partial charge is 0.323 e. The highest BCUT2D eigenvalue weighted by Gasteiger charge is 2.31. The van der Waals surface area contributed by atoms with Crippen LogP contribution in [0, 0.1) is 0 Å². The molecule has 0 heterocycles. The summed E-state index contributed by atoms with van der Waals surface area (Å²) in [6, 6.07) is -1.02. The predicted octanol–water partition coefficient (Wildman–Crippen LogP) is 1.77. The van der Waals surface area contributed by atoms with Gasteiger partial charge in [0.05, 0.1) is 6.04 Å². The van der Waals surface area contributed by atoms with E-state index in [1.165, 1.54) is 6.92 Å². The van der Waals surface area contributed by atoms with Gasteiger partial charge in [-0.05, 0) is 6.92 Å². The van der Waals surface area contributed by atoms with Gasteiger partial charge in [-0.15, -0.1) is 0 Å². The Labute approximate surface area is 54.2 Å². The zero-order chi connectivity index (χ0) is 7.49. The van der Waals surface area contributed by atoms with Crippen molar-refractivity contribution in [1.29, 1.82) is 0 Å². The van der Waals surface area contributed by atoms with Gasteiger partial charge in [-0.1, -0.05) is 13.3 Å². The minimum absolute atomic E-state index is 0.106. The van der Waals surface area contributed by atoms with Gasteiger partial charge in [-0.25, -0.2) is 8.78 Å². The highest BCUT2D eigenvalue weighted by atomic mass is 19.3. The third kappa shape index (κ3) is 2.75. The van der Waals surface area contributed by atoms with Gasteiger partial charge in [-0.3, -0.25) is 0 Å². The van der Waals surface area contributed by atoms with Gasteiger partial charge in [-0.2, -0.15) is 0 Å². The van der Waals surface area contributed by atoms with Gasteiger partial charge in [0, 0.05) is 6.42 Å². The van der Waals surface area contributed by atoms with Gasteiger partial charge in [0.25, 0.3) is 5.92 Å². The van der Waals surface area contributed by atoms with E-state index >= 15 is 0 Å². The van der Waals surface area contributed by atoms with E-state index in [1.54, 1.807) is 6.92 Å². The molecule has 0 rings (SSSR count). The first-order chi connectivity index (χ1) is 4.00. The van der Waals surface area contributed by atoms with Crippen LogP contribution in [0.3, 0.4) is 0 Å². The molecule has 9 heavy (non-hydrogen) atoms. The van der Waals surface area contributed by atoms with Crippen molar-refractivity contribution in [2.24, 2.45) is 5.73 Å². The predicted molar refractivity (Wildman–Crippen MR) is 33.5 cm³/mol. The van der Waals surface area contributed by atoms with E-state index in [0.717, 1.165) is 0 Å². The highest BCUT2D eigenvalue weighted by Crippen LogP contribution is 2.22. The molecule has 1 nitrogen and oxygen atoms in total. The molecule has 0 aliphatic rings. The number of alkyl halides is 2. The number of hydrogen-bond donors (Lipinski definition) is 1. The molecule has 0 spiro atoms. The van der Waals surface area contributed by atoms with Crippen LogP contribution >= 0.6 is 0 Å². The van der Waals surface area contributed by atoms with Gasteiger partial charge >= 0.3 is 0 Å². The van der Waals surface area contributed by atoms with Crippen LogP contribution in [0.2, 0.25) is 0 Å². The summed E-state index contributed by atoms with van der Waals surface area (Å²) in [4.78, 5) is 0. The highest BCUT2D eigenvalue weighted by molar-refractivity contribution is 4.74. The van der Waals surface area contributed by atoms with E-state index in [9.17, 15) is 8.78 Å². The third-order valence-electron chi connectivity index (χ3n) is 1.25. The first-order valence-electron chi connectivity index (χ1n) is 3.14. The molecule has 0 aromatic carbocycles. The lowest BCUT2D eigenvalue weighted by Gasteiger charge is -2.18. The lowest BCUT2D eigenvalue weighted by molar-refractivity contribution is -0.0282. The Kier molecular flexibility index (Phi) is 3.04. The summed E-state index contributed by atoms with van der Waals surface area (Å²) >= 11 is 0. The molecule has 0 fully saturated rings. The van der Waals surface area contributed by atoms with Crippen LogP contribution in [-0.4, -0.2) is 12.0 Å². The zero-order valence-corrected chi connectivity index (χ0v) is 5.82. The topological polar surface area (TPSA) is 26.0 Å². The first-order valence-corrected chi connectivity index (χ1v) is 3.14. The van der Waals surface area contributed by atoms with Gasteiger partial charge in [0.1, 0.15) is 0 Å². The summed E-state index contributed by atoms with van der Waals surface area (Å²) in [5.74, 6) is -2.67. The van der Waals surface area contributed by atoms with E-state index in [1.807, 2.05) is 0 Å². The molecule has 0 amide bonds. The average molecular weight is 137 g/mol. The summed E-state index contributed by atoms with van der Waals surface area (Å²) in [5.41, 5.74) is 5.01. The molecule has 1 atom stereocenters. The quantitative estimate of drug-likeness (QED) is 0.630. The Balaban J connectivity index is 3.70. The summed E-state index contributed by atoms with van der Waals surface area (Å²) in [7, 11) is 0. The van der Waals surface area contributed by atoms with Crippen LogP contribution in [0.25, 0.3) is 0 Å². The van der Waals surface area contributed by atoms with E-state index < -0.39 is 12.0 Å². The van der Waals surface area contributed by atoms with Crippen LogP contribution in [0.15, 0.2) is 0 Å². The fraction of sp³-hybridized carbons (Fsp3) is 1.00. The third-order valence-corrected chi connectivity index (χ3v) is 1.25. The first kappa shape index (κ1) is 8.82. The molecule has 0 saturated heterocycles. The summed E-state index contributed by atoms with van der Waals surface area (Å²) in [6.45, 7) is 3.05. The summed E-state index contributed by atoms with van der Waals surface area (Å²) in [5, 5.41) is 0. The van der Waals surface area contributed by atoms with Crippen molar-refractivity contribution >= 4 is 0 Å². The van der Waals surface area contributed by atoms with Gasteiger partial charge in [0.2, 0.25) is 0 Å². The molecule has 2 N–H and O–H groups in total. The molecular weight excluding hydrogens is 124 g/mol. The molecular formula is C6H13F2N. The van der Waals surface area contributed by atoms with Crippen molar-refractivity contribution in [1.82, 2.24) is 0 Å². The molecule has 0 bridgehead atoms. The van der Waals surface area contributed by atoms with Gasteiger partial charge in [0.15, 0.2) is 0 Å². The van der Waals surface area contributed by atoms with Crippen molar-refractivity contribution in [3.63, 3.8) is 0 Å². The van der Waals surface area contributed by atoms with Crippen LogP contribution in [0.1, 0.15) is 26.7 Å². The molecule has 0 radical (unpaired) electrons. The Morgan fingerprint density at radius 3 is 2.11 bits per heavy atom. The van der Waals surface area contributed by atoms with Crippen molar-refractivity contribution in [3.8, 4) is 0 Å². The second-order valence-electron chi connectivity index (χ2n) is 2.30. The monoisotopic (exact) mass is 137 g/mol. The molecule has 0 aromatic heterocycles. The number of hydrogen-bond acceptors (Lipinski definition) is 1. The second kappa shape index (κ2) is 3.11. The maximum absolute atomic E-state index is 12.4. The van der Waals surface area contributed by atoms with Crippen molar-refractivity contribution in [3.05, 3.63) is 0 Å². The van der Waals surface area contributed by atoms with Crippen molar-refractivity contribution in [2.75, 3.05) is 0 Å². The summed E-state index contributed by atoms with van der Waals surface area (Å²) in [6.07, 6.45) is 0.374. The van der Waals surface area contributed by atoms with Crippen LogP contribution < -0.4 is 5.73 Å². The molecule has 0 unspecified atom stereocenters. The van der Waals surface area contributed by atoms with E-state index in [2.05, 4.69) is 0 Å². The Morgan fingerprint density at radius 2 is 2.00 bits per heavy atom. The number of rotatable bonds is 3. The fourth-order valence-electron chi connectivity index (χ4n) is 0.561. The van der Waals surface area contributed by atoms with Crippen molar-refractivity contribution < 1.29 is 8.78 Å². The molecule has 0 aliphatic heterocycles. The number of nitrogens with two attached hydrogens (primary N) is 1. The second-order valence-corrected chi connectivity index (χ2v) is 2.30. The smallest absolute Gasteiger partial charge is 0.262 e. The maximum Gasteiger partial charge on any atom is 0.262 e. The van der Waals surface area contributed by atoms with Gasteiger partial charge < -0.3 is 5.73 Å². The van der Waals surface area contributed by atoms with E-state index in [-0.39, 0.29) is 6.42 Å². The summed E-state index contributed by atoms with van der Waals surface area (Å²) < 4.78 is 24.8. The van der Waals surface area contributed by atoms with Crippen LogP contribution in [0.4, 0.5) is 8.78 Å². The number of halogens is 2. The Hall–Kier alpha value is -0.180. The SMILES string of the molecule is CCCC(F)(F)[C@@H](C)N. The molecule has 0 aromatic rings. The minimum atomic E-state index is -2.67. The Morgan fingerprint density at radius 1 is 1.56 bits per heavy atom. The lowest BCUT2D eigenvalue weighted by atomic mass is 10.1. The Bertz CT molecular complexity index is 81.1. The average Bonchev–Trinajstić information content (AvgIpc) is 1.65. The van der Waals surface area contributed by atoms with E-state index in [4.69, 9.17) is 5.73 Å². The fourth-order valence-corrected chi connectivity index (χ4v) is 0.561. The molecule has 0 aliphatic carbocycles. The molecule has 3 heteroatoms. The zero-order valence-electron chi connectivity index (χ0n) is 5.82. The van der Waals surface area contributed by atoms with Crippen LogP contribution in [0.5, 0.6) is 0 Å². The standard InChI is InChI=1S/C6H13F2N/c1-3-4-6(7,8)5(2)9/h5H,3-4,9H2,1-2H3/t5-/m1/s1. The molecule has 56 valence electrons. The van der Waals surface area contributed by atoms with E-state index in [0.29, 0.717) is 6.42 Å². The normalized spacial score (nSPS) is 15.7. The lowest BCUT2D eigenvalue weighted by Crippen LogP contribution is -2.37. The maximum atomic E-state index is 12.4. The van der Waals surface area contributed by atoms with Crippen LogP contribution in [-0.2, 0) is 0 Å². The minimum Gasteiger partial charge on any atom is -0.323 e.